The molecule has 3 nitrogen and oxygen atoms in total. The van der Waals surface area contributed by atoms with Gasteiger partial charge in [-0.1, -0.05) is 12.8 Å². The Labute approximate surface area is 110 Å². The first kappa shape index (κ1) is 13.4. The molecule has 0 unspecified atom stereocenters. The maximum Gasteiger partial charge on any atom is 0.225 e. The summed E-state index contributed by atoms with van der Waals surface area (Å²) >= 11 is 0. The number of carbonyl (C=O) groups is 1. The number of nitrogens with zero attached hydrogens (tertiary/aromatic N) is 2. The van der Waals surface area contributed by atoms with Gasteiger partial charge in [-0.15, -0.1) is 0 Å². The van der Waals surface area contributed by atoms with Gasteiger partial charge in [0.15, 0.2) is 0 Å². The molecule has 0 radical (unpaired) electrons. The van der Waals surface area contributed by atoms with Crippen LogP contribution in [0.4, 0.5) is 0 Å². The van der Waals surface area contributed by atoms with Crippen molar-refractivity contribution in [1.29, 1.82) is 5.26 Å². The second-order valence-electron chi connectivity index (χ2n) is 5.97. The number of amides is 1. The van der Waals surface area contributed by atoms with Crippen LogP contribution in [-0.2, 0) is 4.79 Å². The molecular formula is C15H24N2O. The summed E-state index contributed by atoms with van der Waals surface area (Å²) in [6.07, 6.45) is 9.70. The van der Waals surface area contributed by atoms with Crippen LogP contribution in [0.1, 0.15) is 57.8 Å². The van der Waals surface area contributed by atoms with Crippen molar-refractivity contribution in [3.63, 3.8) is 0 Å². The smallest absolute Gasteiger partial charge is 0.225 e. The van der Waals surface area contributed by atoms with Crippen LogP contribution < -0.4 is 0 Å². The van der Waals surface area contributed by atoms with Crippen LogP contribution >= 0.6 is 0 Å². The van der Waals surface area contributed by atoms with E-state index in [1.165, 1.54) is 12.8 Å². The molecule has 2 rings (SSSR count). The van der Waals surface area contributed by atoms with Gasteiger partial charge >= 0.3 is 0 Å². The number of nitriles is 1. The maximum atomic E-state index is 12.3. The minimum Gasteiger partial charge on any atom is -0.343 e. The Morgan fingerprint density at radius 3 is 2.33 bits per heavy atom. The van der Waals surface area contributed by atoms with Gasteiger partial charge in [-0.2, -0.15) is 5.26 Å². The van der Waals surface area contributed by atoms with Crippen molar-refractivity contribution >= 4 is 5.91 Å². The lowest BCUT2D eigenvalue weighted by atomic mass is 9.83. The van der Waals surface area contributed by atoms with Crippen LogP contribution in [0.25, 0.3) is 0 Å². The normalized spacial score (nSPS) is 28.9. The number of hydrogen-bond donors (Lipinski definition) is 0. The molecule has 2 aliphatic rings. The Balaban J connectivity index is 1.81. The van der Waals surface area contributed by atoms with Crippen LogP contribution in [0, 0.1) is 23.2 Å². The Hall–Kier alpha value is -1.04. The fourth-order valence-corrected chi connectivity index (χ4v) is 3.51. The van der Waals surface area contributed by atoms with Crippen molar-refractivity contribution in [3.8, 4) is 6.07 Å². The van der Waals surface area contributed by atoms with Gasteiger partial charge in [-0.25, -0.2) is 0 Å². The van der Waals surface area contributed by atoms with Gasteiger partial charge < -0.3 is 4.90 Å². The van der Waals surface area contributed by atoms with Crippen molar-refractivity contribution in [2.24, 2.45) is 11.8 Å². The molecule has 0 aromatic carbocycles. The maximum absolute atomic E-state index is 12.3. The topological polar surface area (TPSA) is 44.1 Å². The van der Waals surface area contributed by atoms with Crippen LogP contribution in [0.3, 0.4) is 0 Å². The Bertz CT molecular complexity index is 320. The van der Waals surface area contributed by atoms with Crippen molar-refractivity contribution in [1.82, 2.24) is 4.90 Å². The van der Waals surface area contributed by atoms with E-state index >= 15 is 0 Å². The molecule has 2 saturated carbocycles. The van der Waals surface area contributed by atoms with Gasteiger partial charge in [-0.3, -0.25) is 4.79 Å². The number of rotatable bonds is 3. The van der Waals surface area contributed by atoms with E-state index in [9.17, 15) is 4.79 Å². The van der Waals surface area contributed by atoms with Crippen LogP contribution in [0.2, 0.25) is 0 Å². The molecule has 100 valence electrons. The molecule has 0 aliphatic heterocycles. The third-order valence-electron chi connectivity index (χ3n) is 4.80. The average molecular weight is 248 g/mol. The quantitative estimate of drug-likeness (QED) is 0.770. The molecule has 0 spiro atoms. The first-order valence-electron chi connectivity index (χ1n) is 7.36. The molecule has 0 aromatic heterocycles. The third-order valence-corrected chi connectivity index (χ3v) is 4.80. The van der Waals surface area contributed by atoms with Crippen molar-refractivity contribution in [2.75, 3.05) is 7.05 Å². The van der Waals surface area contributed by atoms with E-state index in [0.29, 0.717) is 30.2 Å². The highest BCUT2D eigenvalue weighted by Gasteiger charge is 2.31. The van der Waals surface area contributed by atoms with Gasteiger partial charge in [0.25, 0.3) is 0 Å². The zero-order valence-electron chi connectivity index (χ0n) is 11.4. The first-order chi connectivity index (χ1) is 8.72. The Morgan fingerprint density at radius 1 is 1.17 bits per heavy atom. The van der Waals surface area contributed by atoms with E-state index in [1.54, 1.807) is 0 Å². The van der Waals surface area contributed by atoms with Gasteiger partial charge in [0.05, 0.1) is 6.07 Å². The van der Waals surface area contributed by atoms with Gasteiger partial charge in [0.2, 0.25) is 5.91 Å². The summed E-state index contributed by atoms with van der Waals surface area (Å²) in [5.74, 6) is 1.24. The fraction of sp³-hybridized carbons (Fsp3) is 0.867. The van der Waals surface area contributed by atoms with Gasteiger partial charge in [-0.05, 0) is 44.4 Å². The second kappa shape index (κ2) is 6.22. The lowest BCUT2D eigenvalue weighted by Crippen LogP contribution is -2.42. The zero-order valence-corrected chi connectivity index (χ0v) is 11.4. The van der Waals surface area contributed by atoms with Crippen molar-refractivity contribution in [3.05, 3.63) is 0 Å². The van der Waals surface area contributed by atoms with Gasteiger partial charge in [0, 0.05) is 25.4 Å². The van der Waals surface area contributed by atoms with E-state index < -0.39 is 0 Å². The molecule has 3 heteroatoms. The third kappa shape index (κ3) is 3.04. The first-order valence-corrected chi connectivity index (χ1v) is 7.36. The summed E-state index contributed by atoms with van der Waals surface area (Å²) in [4.78, 5) is 14.3. The summed E-state index contributed by atoms with van der Waals surface area (Å²) in [6, 6.07) is 2.69. The van der Waals surface area contributed by atoms with Crippen LogP contribution in [-0.4, -0.2) is 23.9 Å². The second-order valence-corrected chi connectivity index (χ2v) is 5.97. The monoisotopic (exact) mass is 248 g/mol. The molecule has 0 aromatic rings. The molecule has 0 heterocycles. The summed E-state index contributed by atoms with van der Waals surface area (Å²) in [7, 11) is 1.98. The minimum absolute atomic E-state index is 0.298. The van der Waals surface area contributed by atoms with Crippen molar-refractivity contribution < 1.29 is 4.79 Å². The predicted octanol–water partition coefficient (Wildman–Crippen LogP) is 3.11. The Kier molecular flexibility index (Phi) is 4.63. The highest BCUT2D eigenvalue weighted by atomic mass is 16.2. The van der Waals surface area contributed by atoms with E-state index in [2.05, 4.69) is 6.07 Å². The molecule has 2 aliphatic carbocycles. The highest BCUT2D eigenvalue weighted by Crippen LogP contribution is 2.32. The van der Waals surface area contributed by atoms with E-state index in [4.69, 9.17) is 5.26 Å². The molecule has 18 heavy (non-hydrogen) atoms. The van der Waals surface area contributed by atoms with E-state index in [-0.39, 0.29) is 0 Å². The fourth-order valence-electron chi connectivity index (χ4n) is 3.51. The van der Waals surface area contributed by atoms with Crippen LogP contribution in [0.15, 0.2) is 0 Å². The molecule has 2 fully saturated rings. The lowest BCUT2D eigenvalue weighted by molar-refractivity contribution is -0.136. The molecule has 0 bridgehead atoms. The standard InChI is InChI=1S/C15H24N2O/c1-17(15(18)13-4-2-3-5-13)14-8-6-12(7-9-14)10-11-16/h12-14H,2-10H2,1H3. The molecular weight excluding hydrogens is 224 g/mol. The largest absolute Gasteiger partial charge is 0.343 e. The van der Waals surface area contributed by atoms with Gasteiger partial charge in [0.1, 0.15) is 0 Å². The summed E-state index contributed by atoms with van der Waals surface area (Å²) in [5.41, 5.74) is 0. The molecule has 1 amide bonds. The molecule has 0 atom stereocenters. The summed E-state index contributed by atoms with van der Waals surface area (Å²) in [5, 5.41) is 8.71. The molecule has 0 N–H and O–H groups in total. The summed E-state index contributed by atoms with van der Waals surface area (Å²) in [6.45, 7) is 0. The number of carbonyl (C=O) groups excluding carboxylic acids is 1. The zero-order chi connectivity index (χ0) is 13.0. The van der Waals surface area contributed by atoms with Crippen molar-refractivity contribution in [2.45, 2.75) is 63.8 Å². The predicted molar refractivity (Wildman–Crippen MR) is 70.7 cm³/mol. The molecule has 0 saturated heterocycles. The average Bonchev–Trinajstić information content (AvgIpc) is 2.92. The van der Waals surface area contributed by atoms with E-state index in [1.807, 2.05) is 11.9 Å². The SMILES string of the molecule is CN(C(=O)C1CCCC1)C1CCC(CC#N)CC1. The summed E-state index contributed by atoms with van der Waals surface area (Å²) < 4.78 is 0. The Morgan fingerprint density at radius 2 is 1.78 bits per heavy atom. The van der Waals surface area contributed by atoms with E-state index in [0.717, 1.165) is 38.5 Å². The number of hydrogen-bond acceptors (Lipinski definition) is 2. The van der Waals surface area contributed by atoms with Crippen LogP contribution in [0.5, 0.6) is 0 Å². The lowest BCUT2D eigenvalue weighted by Gasteiger charge is -2.35. The minimum atomic E-state index is 0.298. The highest BCUT2D eigenvalue weighted by molar-refractivity contribution is 5.79.